The summed E-state index contributed by atoms with van der Waals surface area (Å²) in [5.41, 5.74) is -0.0634. The molecule has 2 N–H and O–H groups in total. The molecular formula is C9H12N2O3S. The van der Waals surface area contributed by atoms with Crippen LogP contribution >= 0.6 is 11.8 Å². The summed E-state index contributed by atoms with van der Waals surface area (Å²) in [6, 6.07) is 0.285. The van der Waals surface area contributed by atoms with E-state index in [2.05, 4.69) is 16.6 Å². The highest BCUT2D eigenvalue weighted by atomic mass is 32.2. The van der Waals surface area contributed by atoms with Gasteiger partial charge in [-0.1, -0.05) is 0 Å². The van der Waals surface area contributed by atoms with Crippen molar-refractivity contribution in [3.8, 4) is 0 Å². The summed E-state index contributed by atoms with van der Waals surface area (Å²) >= 11 is 1.82. The molecule has 0 radical (unpaired) electrons. The lowest BCUT2D eigenvalue weighted by Crippen LogP contribution is -2.17. The van der Waals surface area contributed by atoms with Crippen LogP contribution < -0.4 is 5.32 Å². The molecule has 1 aliphatic carbocycles. The third-order valence-corrected chi connectivity index (χ3v) is 3.94. The number of hydrogen-bond donors (Lipinski definition) is 2. The van der Waals surface area contributed by atoms with Crippen molar-refractivity contribution in [3.63, 3.8) is 0 Å². The van der Waals surface area contributed by atoms with Crippen LogP contribution in [0.25, 0.3) is 0 Å². The number of rotatable bonds is 5. The lowest BCUT2D eigenvalue weighted by Gasteiger charge is -2.10. The van der Waals surface area contributed by atoms with Gasteiger partial charge in [0.1, 0.15) is 6.26 Å². The summed E-state index contributed by atoms with van der Waals surface area (Å²) in [4.78, 5) is 14.3. The highest BCUT2D eigenvalue weighted by Gasteiger charge is 2.41. The molecule has 1 saturated carbocycles. The van der Waals surface area contributed by atoms with Crippen LogP contribution in [-0.4, -0.2) is 33.6 Å². The number of anilines is 1. The number of nitrogens with one attached hydrogen (secondary N) is 1. The molecule has 0 saturated heterocycles. The molecule has 5 nitrogen and oxygen atoms in total. The average molecular weight is 228 g/mol. The van der Waals surface area contributed by atoms with Gasteiger partial charge in [-0.2, -0.15) is 16.7 Å². The predicted molar refractivity (Wildman–Crippen MR) is 57.4 cm³/mol. The van der Waals surface area contributed by atoms with E-state index in [4.69, 9.17) is 9.52 Å². The van der Waals surface area contributed by atoms with Crippen molar-refractivity contribution in [1.82, 2.24) is 4.98 Å². The Balaban J connectivity index is 1.91. The lowest BCUT2D eigenvalue weighted by atomic mass is 10.4. The second kappa shape index (κ2) is 3.77. The smallest absolute Gasteiger partial charge is 0.357 e. The number of carboxylic acid groups (broad SMARTS) is 1. The molecule has 0 aliphatic heterocycles. The third-order valence-electron chi connectivity index (χ3n) is 2.53. The van der Waals surface area contributed by atoms with Crippen molar-refractivity contribution in [2.75, 3.05) is 18.1 Å². The SMILES string of the molecule is CSC1(CNc2nc(C(=O)O)co2)CC1. The minimum Gasteiger partial charge on any atom is -0.476 e. The van der Waals surface area contributed by atoms with E-state index >= 15 is 0 Å². The van der Waals surface area contributed by atoms with Crippen LogP contribution in [0.5, 0.6) is 0 Å². The van der Waals surface area contributed by atoms with Crippen LogP contribution in [0.1, 0.15) is 23.3 Å². The normalized spacial score (nSPS) is 17.4. The van der Waals surface area contributed by atoms with Crippen LogP contribution in [0.2, 0.25) is 0 Å². The number of aromatic carboxylic acids is 1. The highest BCUT2D eigenvalue weighted by Crippen LogP contribution is 2.46. The molecule has 0 amide bonds. The van der Waals surface area contributed by atoms with Gasteiger partial charge in [0, 0.05) is 11.3 Å². The van der Waals surface area contributed by atoms with E-state index in [1.54, 1.807) is 0 Å². The van der Waals surface area contributed by atoms with Gasteiger partial charge in [0.2, 0.25) is 0 Å². The van der Waals surface area contributed by atoms with Gasteiger partial charge in [0.25, 0.3) is 6.01 Å². The first-order chi connectivity index (χ1) is 7.15. The number of carboxylic acids is 1. The Kier molecular flexibility index (Phi) is 2.60. The molecule has 1 aromatic heterocycles. The maximum absolute atomic E-state index is 10.5. The Morgan fingerprint density at radius 3 is 3.00 bits per heavy atom. The zero-order valence-electron chi connectivity index (χ0n) is 8.32. The molecule has 6 heteroatoms. The van der Waals surface area contributed by atoms with Crippen molar-refractivity contribution in [3.05, 3.63) is 12.0 Å². The quantitative estimate of drug-likeness (QED) is 0.798. The van der Waals surface area contributed by atoms with Gasteiger partial charge >= 0.3 is 5.97 Å². The lowest BCUT2D eigenvalue weighted by molar-refractivity contribution is 0.0690. The van der Waals surface area contributed by atoms with Crippen molar-refractivity contribution >= 4 is 23.7 Å². The van der Waals surface area contributed by atoms with Crippen LogP contribution in [0.3, 0.4) is 0 Å². The number of carbonyl (C=O) groups is 1. The molecule has 2 rings (SSSR count). The Morgan fingerprint density at radius 2 is 2.53 bits per heavy atom. The monoisotopic (exact) mass is 228 g/mol. The third kappa shape index (κ3) is 2.26. The Labute approximate surface area is 91.3 Å². The standard InChI is InChI=1S/C9H12N2O3S/c1-15-9(2-3-9)5-10-8-11-6(4-14-8)7(12)13/h4H,2-3,5H2,1H3,(H,10,11)(H,12,13). The molecule has 15 heavy (non-hydrogen) atoms. The summed E-state index contributed by atoms with van der Waals surface area (Å²) in [5.74, 6) is -1.07. The fourth-order valence-electron chi connectivity index (χ4n) is 1.28. The maximum Gasteiger partial charge on any atom is 0.357 e. The number of oxazole rings is 1. The van der Waals surface area contributed by atoms with Crippen molar-refractivity contribution in [1.29, 1.82) is 0 Å². The largest absolute Gasteiger partial charge is 0.476 e. The van der Waals surface area contributed by atoms with Gasteiger partial charge in [0.05, 0.1) is 0 Å². The number of nitrogens with zero attached hydrogens (tertiary/aromatic N) is 1. The Hall–Kier alpha value is -1.17. The van der Waals surface area contributed by atoms with Crippen LogP contribution in [0, 0.1) is 0 Å². The van der Waals surface area contributed by atoms with E-state index in [1.807, 2.05) is 11.8 Å². The summed E-state index contributed by atoms with van der Waals surface area (Å²) in [7, 11) is 0. The van der Waals surface area contributed by atoms with Crippen molar-refractivity contribution < 1.29 is 14.3 Å². The van der Waals surface area contributed by atoms with E-state index in [0.717, 1.165) is 12.8 Å². The first-order valence-electron chi connectivity index (χ1n) is 4.63. The number of aromatic nitrogens is 1. The summed E-state index contributed by atoms with van der Waals surface area (Å²) in [5, 5.41) is 11.6. The molecule has 1 aliphatic rings. The van der Waals surface area contributed by atoms with E-state index in [1.165, 1.54) is 12.8 Å². The summed E-state index contributed by atoms with van der Waals surface area (Å²) < 4.78 is 5.28. The molecule has 0 unspecified atom stereocenters. The molecule has 0 aromatic carbocycles. The maximum atomic E-state index is 10.5. The van der Waals surface area contributed by atoms with Gasteiger partial charge < -0.3 is 14.8 Å². The molecule has 0 bridgehead atoms. The van der Waals surface area contributed by atoms with E-state index < -0.39 is 5.97 Å². The zero-order chi connectivity index (χ0) is 10.9. The second-order valence-electron chi connectivity index (χ2n) is 3.58. The van der Waals surface area contributed by atoms with Crippen molar-refractivity contribution in [2.45, 2.75) is 17.6 Å². The topological polar surface area (TPSA) is 75.4 Å². The number of hydrogen-bond acceptors (Lipinski definition) is 5. The minimum absolute atomic E-state index is 0.0634. The molecule has 1 heterocycles. The van der Waals surface area contributed by atoms with E-state index in [-0.39, 0.29) is 11.7 Å². The zero-order valence-corrected chi connectivity index (χ0v) is 9.13. The van der Waals surface area contributed by atoms with E-state index in [0.29, 0.717) is 4.75 Å². The van der Waals surface area contributed by atoms with Gasteiger partial charge in [-0.25, -0.2) is 4.79 Å². The molecule has 0 spiro atoms. The Bertz CT molecular complexity index is 373. The average Bonchev–Trinajstić information content (AvgIpc) is 2.85. The van der Waals surface area contributed by atoms with Crippen LogP contribution in [-0.2, 0) is 0 Å². The van der Waals surface area contributed by atoms with Gasteiger partial charge in [-0.3, -0.25) is 0 Å². The predicted octanol–water partition coefficient (Wildman–Crippen LogP) is 1.68. The molecular weight excluding hydrogens is 216 g/mol. The van der Waals surface area contributed by atoms with E-state index in [9.17, 15) is 4.79 Å². The van der Waals surface area contributed by atoms with Crippen LogP contribution in [0.15, 0.2) is 10.7 Å². The summed E-state index contributed by atoms with van der Waals surface area (Å²) in [6.45, 7) is 0.772. The summed E-state index contributed by atoms with van der Waals surface area (Å²) in [6.07, 6.45) is 5.59. The minimum atomic E-state index is -1.07. The van der Waals surface area contributed by atoms with Gasteiger partial charge in [0.15, 0.2) is 5.69 Å². The van der Waals surface area contributed by atoms with Crippen LogP contribution in [0.4, 0.5) is 6.01 Å². The highest BCUT2D eigenvalue weighted by molar-refractivity contribution is 8.00. The Morgan fingerprint density at radius 1 is 1.80 bits per heavy atom. The molecule has 1 fully saturated rings. The number of thioether (sulfide) groups is 1. The first-order valence-corrected chi connectivity index (χ1v) is 5.85. The van der Waals surface area contributed by atoms with Gasteiger partial charge in [-0.05, 0) is 19.1 Å². The second-order valence-corrected chi connectivity index (χ2v) is 4.86. The molecule has 1 aromatic rings. The fourth-order valence-corrected chi connectivity index (χ4v) is 2.01. The van der Waals surface area contributed by atoms with Gasteiger partial charge in [-0.15, -0.1) is 0 Å². The molecule has 82 valence electrons. The fraction of sp³-hybridized carbons (Fsp3) is 0.556. The first kappa shape index (κ1) is 10.4. The molecule has 0 atom stereocenters. The van der Waals surface area contributed by atoms with Crippen molar-refractivity contribution in [2.24, 2.45) is 0 Å².